The number of nitrogens with zero attached hydrogens (tertiary/aromatic N) is 1. The van der Waals surface area contributed by atoms with Crippen molar-refractivity contribution in [2.24, 2.45) is 0 Å². The molecule has 1 aliphatic rings. The highest BCUT2D eigenvalue weighted by atomic mass is 35.5. The van der Waals surface area contributed by atoms with Crippen LogP contribution >= 0.6 is 34.8 Å². The Morgan fingerprint density at radius 2 is 1.25 bits per heavy atom. The number of fused-ring (bicyclic) bond motifs is 1. The van der Waals surface area contributed by atoms with Crippen molar-refractivity contribution >= 4 is 52.3 Å². The van der Waals surface area contributed by atoms with Gasteiger partial charge in [-0.3, -0.25) is 9.59 Å². The van der Waals surface area contributed by atoms with Crippen LogP contribution in [-0.4, -0.2) is 11.8 Å². The number of hydrogen-bond donors (Lipinski definition) is 0. The lowest BCUT2D eigenvalue weighted by Crippen LogP contribution is -2.29. The number of benzene rings is 2. The summed E-state index contributed by atoms with van der Waals surface area (Å²) >= 11 is 17.8. The van der Waals surface area contributed by atoms with Crippen LogP contribution in [0.2, 0.25) is 15.1 Å². The van der Waals surface area contributed by atoms with Gasteiger partial charge >= 0.3 is 0 Å². The zero-order valence-electron chi connectivity index (χ0n) is 9.86. The van der Waals surface area contributed by atoms with Crippen LogP contribution in [0.15, 0.2) is 36.4 Å². The number of hydrogen-bond acceptors (Lipinski definition) is 2. The van der Waals surface area contributed by atoms with Crippen molar-refractivity contribution < 1.29 is 9.59 Å². The van der Waals surface area contributed by atoms with E-state index in [1.807, 2.05) is 0 Å². The minimum atomic E-state index is -0.461. The fraction of sp³-hybridized carbons (Fsp3) is 0. The second-order valence-electron chi connectivity index (χ2n) is 4.21. The van der Waals surface area contributed by atoms with Gasteiger partial charge in [0, 0.05) is 0 Å². The van der Waals surface area contributed by atoms with E-state index in [-0.39, 0.29) is 21.2 Å². The quantitative estimate of drug-likeness (QED) is 0.726. The maximum atomic E-state index is 12.4. The van der Waals surface area contributed by atoms with Crippen LogP contribution < -0.4 is 4.90 Å². The first-order valence-electron chi connectivity index (χ1n) is 5.63. The molecule has 1 heterocycles. The highest BCUT2D eigenvalue weighted by molar-refractivity contribution is 6.45. The SMILES string of the molecule is O=C1c2cc(Cl)c(Cl)cc2C(=O)N1c1ccccc1Cl. The van der Waals surface area contributed by atoms with Crippen molar-refractivity contribution in [3.05, 3.63) is 62.6 Å². The van der Waals surface area contributed by atoms with Gasteiger partial charge in [-0.05, 0) is 24.3 Å². The van der Waals surface area contributed by atoms with Crippen LogP contribution in [0.4, 0.5) is 5.69 Å². The number of para-hydroxylation sites is 1. The van der Waals surface area contributed by atoms with E-state index in [4.69, 9.17) is 34.8 Å². The molecule has 2 aromatic carbocycles. The number of amides is 2. The molecule has 0 spiro atoms. The standard InChI is InChI=1S/C14H6Cl3NO2/c15-9-3-1-2-4-12(9)18-13(19)7-5-10(16)11(17)6-8(7)14(18)20/h1-6H. The largest absolute Gasteiger partial charge is 0.268 e. The molecule has 3 nitrogen and oxygen atoms in total. The Kier molecular flexibility index (Phi) is 3.21. The molecule has 0 aromatic heterocycles. The summed E-state index contributed by atoms with van der Waals surface area (Å²) in [4.78, 5) is 25.8. The summed E-state index contributed by atoms with van der Waals surface area (Å²) in [6.45, 7) is 0. The molecule has 0 unspecified atom stereocenters. The van der Waals surface area contributed by atoms with E-state index in [0.717, 1.165) is 4.90 Å². The third-order valence-corrected chi connectivity index (χ3v) is 4.06. The van der Waals surface area contributed by atoms with Crippen molar-refractivity contribution in [2.75, 3.05) is 4.90 Å². The molecule has 0 N–H and O–H groups in total. The summed E-state index contributed by atoms with van der Waals surface area (Å²) in [6.07, 6.45) is 0. The van der Waals surface area contributed by atoms with Gasteiger partial charge in [-0.15, -0.1) is 0 Å². The normalized spacial score (nSPS) is 13.8. The Balaban J connectivity index is 2.17. The van der Waals surface area contributed by atoms with Crippen molar-refractivity contribution in [1.29, 1.82) is 0 Å². The Labute approximate surface area is 129 Å². The molecule has 3 rings (SSSR count). The van der Waals surface area contributed by atoms with Crippen molar-refractivity contribution in [3.8, 4) is 0 Å². The van der Waals surface area contributed by atoms with E-state index >= 15 is 0 Å². The molecular weight excluding hydrogens is 321 g/mol. The Morgan fingerprint density at radius 1 is 0.750 bits per heavy atom. The fourth-order valence-corrected chi connectivity index (χ4v) is 2.63. The summed E-state index contributed by atoms with van der Waals surface area (Å²) in [5.74, 6) is -0.923. The predicted molar refractivity (Wildman–Crippen MR) is 79.1 cm³/mol. The third kappa shape index (κ3) is 1.90. The molecule has 20 heavy (non-hydrogen) atoms. The molecule has 2 aromatic rings. The van der Waals surface area contributed by atoms with Crippen molar-refractivity contribution in [1.82, 2.24) is 0 Å². The molecule has 0 saturated carbocycles. The minimum absolute atomic E-state index is 0.226. The van der Waals surface area contributed by atoms with Gasteiger partial charge in [0.05, 0.1) is 31.9 Å². The minimum Gasteiger partial charge on any atom is -0.268 e. The molecule has 1 aliphatic heterocycles. The summed E-state index contributed by atoms with van der Waals surface area (Å²) in [5, 5.41) is 0.777. The highest BCUT2D eigenvalue weighted by Gasteiger charge is 2.38. The first-order chi connectivity index (χ1) is 9.50. The second kappa shape index (κ2) is 4.77. The molecular formula is C14H6Cl3NO2. The average Bonchev–Trinajstić information content (AvgIpc) is 2.64. The van der Waals surface area contributed by atoms with Gasteiger partial charge < -0.3 is 0 Å². The molecule has 100 valence electrons. The van der Waals surface area contributed by atoms with Gasteiger partial charge in [-0.2, -0.15) is 0 Å². The molecule has 6 heteroatoms. The first-order valence-corrected chi connectivity index (χ1v) is 6.76. The third-order valence-electron chi connectivity index (χ3n) is 3.02. The summed E-state index contributed by atoms with van der Waals surface area (Å²) in [7, 11) is 0. The van der Waals surface area contributed by atoms with Crippen LogP contribution in [0.5, 0.6) is 0 Å². The van der Waals surface area contributed by atoms with Crippen molar-refractivity contribution in [3.63, 3.8) is 0 Å². The molecule has 0 radical (unpaired) electrons. The molecule has 0 saturated heterocycles. The van der Waals surface area contributed by atoms with Gasteiger partial charge in [0.2, 0.25) is 0 Å². The summed E-state index contributed by atoms with van der Waals surface area (Å²) < 4.78 is 0. The Morgan fingerprint density at radius 3 is 1.75 bits per heavy atom. The van der Waals surface area contributed by atoms with Gasteiger partial charge in [0.1, 0.15) is 0 Å². The lowest BCUT2D eigenvalue weighted by molar-refractivity contribution is 0.0926. The zero-order valence-corrected chi connectivity index (χ0v) is 12.1. The van der Waals surface area contributed by atoms with Gasteiger partial charge in [-0.25, -0.2) is 4.90 Å². The van der Waals surface area contributed by atoms with Gasteiger partial charge in [0.25, 0.3) is 11.8 Å². The van der Waals surface area contributed by atoms with E-state index in [1.54, 1.807) is 24.3 Å². The smallest absolute Gasteiger partial charge is 0.266 e. The zero-order chi connectivity index (χ0) is 14.4. The van der Waals surface area contributed by atoms with E-state index in [9.17, 15) is 9.59 Å². The Bertz CT molecular complexity index is 717. The molecule has 0 fully saturated rings. The van der Waals surface area contributed by atoms with Crippen LogP contribution in [0, 0.1) is 0 Å². The lowest BCUT2D eigenvalue weighted by atomic mass is 10.1. The molecule has 2 amide bonds. The summed E-state index contributed by atoms with van der Waals surface area (Å²) in [5.41, 5.74) is 0.793. The highest BCUT2D eigenvalue weighted by Crippen LogP contribution is 2.36. The lowest BCUT2D eigenvalue weighted by Gasteiger charge is -2.14. The number of anilines is 1. The second-order valence-corrected chi connectivity index (χ2v) is 5.43. The average molecular weight is 327 g/mol. The van der Waals surface area contributed by atoms with Crippen molar-refractivity contribution in [2.45, 2.75) is 0 Å². The van der Waals surface area contributed by atoms with E-state index in [1.165, 1.54) is 12.1 Å². The monoisotopic (exact) mass is 325 g/mol. The van der Waals surface area contributed by atoms with E-state index in [0.29, 0.717) is 10.7 Å². The first kappa shape index (κ1) is 13.4. The van der Waals surface area contributed by atoms with Gasteiger partial charge in [-0.1, -0.05) is 46.9 Å². The fourth-order valence-electron chi connectivity index (χ4n) is 2.09. The number of imide groups is 1. The van der Waals surface area contributed by atoms with Gasteiger partial charge in [0.15, 0.2) is 0 Å². The van der Waals surface area contributed by atoms with Crippen LogP contribution in [0.25, 0.3) is 0 Å². The number of rotatable bonds is 1. The maximum Gasteiger partial charge on any atom is 0.266 e. The van der Waals surface area contributed by atoms with E-state index in [2.05, 4.69) is 0 Å². The molecule has 0 bridgehead atoms. The summed E-state index contributed by atoms with van der Waals surface area (Å²) in [6, 6.07) is 9.43. The maximum absolute atomic E-state index is 12.4. The molecule has 0 atom stereocenters. The van der Waals surface area contributed by atoms with E-state index < -0.39 is 11.8 Å². The number of halogens is 3. The van der Waals surface area contributed by atoms with Crippen LogP contribution in [0.3, 0.4) is 0 Å². The van der Waals surface area contributed by atoms with Crippen LogP contribution in [0.1, 0.15) is 20.7 Å². The predicted octanol–water partition coefficient (Wildman–Crippen LogP) is 4.45. The van der Waals surface area contributed by atoms with Crippen LogP contribution in [-0.2, 0) is 0 Å². The Hall–Kier alpha value is -1.55. The number of carbonyl (C=O) groups is 2. The topological polar surface area (TPSA) is 37.4 Å². The number of carbonyl (C=O) groups excluding carboxylic acids is 2. The molecule has 0 aliphatic carbocycles.